The maximum absolute atomic E-state index is 14.5. The number of aromatic nitrogens is 1. The first-order chi connectivity index (χ1) is 19.2. The van der Waals surface area contributed by atoms with Crippen molar-refractivity contribution in [1.29, 1.82) is 0 Å². The monoisotopic (exact) mass is 579 g/mol. The predicted octanol–water partition coefficient (Wildman–Crippen LogP) is 3.40. The smallest absolute Gasteiger partial charge is 0.424 e. The highest BCUT2D eigenvalue weighted by atomic mass is 19.4. The van der Waals surface area contributed by atoms with Crippen molar-refractivity contribution in [1.82, 2.24) is 10.3 Å². The van der Waals surface area contributed by atoms with Gasteiger partial charge in [0.25, 0.3) is 5.91 Å². The van der Waals surface area contributed by atoms with Crippen molar-refractivity contribution in [2.24, 2.45) is 5.73 Å². The molecule has 1 unspecified atom stereocenters. The van der Waals surface area contributed by atoms with E-state index in [9.17, 15) is 32.6 Å². The number of amides is 1. The van der Waals surface area contributed by atoms with Gasteiger partial charge in [-0.25, -0.2) is 9.37 Å². The molecule has 1 aliphatic heterocycles. The molecule has 9 nitrogen and oxygen atoms in total. The number of hydrogen-bond donors (Lipinski definition) is 4. The number of fused-ring (bicyclic) bond motifs is 1. The SMILES string of the molecule is COc1cc(C(=O)NCC(O)(c2cc3c(c(-c4ccc(F)cc4)n2)OC[C@]3(C)N)C(F)(F)F)ccc1OC[C@H](C)O. The Morgan fingerprint density at radius 3 is 2.49 bits per heavy atom. The van der Waals surface area contributed by atoms with E-state index in [0.29, 0.717) is 0 Å². The van der Waals surface area contributed by atoms with Gasteiger partial charge in [-0.2, -0.15) is 13.2 Å². The first kappa shape index (κ1) is 30.0. The van der Waals surface area contributed by atoms with Gasteiger partial charge in [0.15, 0.2) is 17.2 Å². The lowest BCUT2D eigenvalue weighted by Gasteiger charge is -2.31. The molecular formula is C28H29F4N3O6. The van der Waals surface area contributed by atoms with Crippen LogP contribution < -0.4 is 25.3 Å². The van der Waals surface area contributed by atoms with Crippen molar-refractivity contribution in [2.75, 3.05) is 26.9 Å². The number of carbonyl (C=O) groups is 1. The summed E-state index contributed by atoms with van der Waals surface area (Å²) in [6.07, 6.45) is -6.06. The van der Waals surface area contributed by atoms with Gasteiger partial charge in [0.2, 0.25) is 5.60 Å². The molecule has 1 amide bonds. The Kier molecular flexibility index (Phi) is 8.16. The highest BCUT2D eigenvalue weighted by Crippen LogP contribution is 2.46. The minimum absolute atomic E-state index is 0.0545. The van der Waals surface area contributed by atoms with Crippen LogP contribution in [0.4, 0.5) is 17.6 Å². The summed E-state index contributed by atoms with van der Waals surface area (Å²) in [4.78, 5) is 17.0. The van der Waals surface area contributed by atoms with E-state index >= 15 is 0 Å². The predicted molar refractivity (Wildman–Crippen MR) is 139 cm³/mol. The number of aliphatic hydroxyl groups is 2. The molecule has 0 saturated heterocycles. The van der Waals surface area contributed by atoms with Crippen LogP contribution in [0.5, 0.6) is 17.2 Å². The molecule has 2 heterocycles. The number of alkyl halides is 3. The van der Waals surface area contributed by atoms with Gasteiger partial charge in [-0.05, 0) is 62.4 Å². The van der Waals surface area contributed by atoms with Gasteiger partial charge in [-0.3, -0.25) is 4.79 Å². The number of methoxy groups -OCH3 is 1. The third-order valence-electron chi connectivity index (χ3n) is 6.53. The molecule has 0 bridgehead atoms. The van der Waals surface area contributed by atoms with E-state index in [1.165, 1.54) is 44.4 Å². The number of aliphatic hydroxyl groups excluding tert-OH is 1. The Hall–Kier alpha value is -3.94. The molecule has 0 radical (unpaired) electrons. The van der Waals surface area contributed by atoms with Crippen LogP contribution in [0.15, 0.2) is 48.5 Å². The Bertz CT molecular complexity index is 1430. The first-order valence-corrected chi connectivity index (χ1v) is 12.5. The summed E-state index contributed by atoms with van der Waals surface area (Å²) in [5, 5.41) is 22.6. The van der Waals surface area contributed by atoms with E-state index in [-0.39, 0.29) is 52.8 Å². The molecule has 3 aromatic rings. The Morgan fingerprint density at radius 2 is 1.88 bits per heavy atom. The largest absolute Gasteiger partial charge is 0.493 e. The molecule has 2 aromatic carbocycles. The van der Waals surface area contributed by atoms with Crippen molar-refractivity contribution >= 4 is 5.91 Å². The number of nitrogens with two attached hydrogens (primary N) is 1. The minimum atomic E-state index is -5.29. The lowest BCUT2D eigenvalue weighted by molar-refractivity contribution is -0.265. The van der Waals surface area contributed by atoms with Crippen molar-refractivity contribution in [3.05, 3.63) is 71.2 Å². The Balaban J connectivity index is 1.70. The average molecular weight is 580 g/mol. The highest BCUT2D eigenvalue weighted by Gasteiger charge is 2.57. The van der Waals surface area contributed by atoms with Gasteiger partial charge in [0.1, 0.15) is 24.7 Å². The molecule has 0 aliphatic carbocycles. The van der Waals surface area contributed by atoms with Gasteiger partial charge in [0, 0.05) is 16.7 Å². The summed E-state index contributed by atoms with van der Waals surface area (Å²) in [7, 11) is 1.31. The van der Waals surface area contributed by atoms with E-state index in [1.807, 2.05) is 0 Å². The zero-order valence-electron chi connectivity index (χ0n) is 22.4. The summed E-state index contributed by atoms with van der Waals surface area (Å²) in [5.41, 5.74) is 0.837. The van der Waals surface area contributed by atoms with E-state index in [1.54, 1.807) is 6.92 Å². The zero-order valence-corrected chi connectivity index (χ0v) is 22.4. The molecule has 5 N–H and O–H groups in total. The average Bonchev–Trinajstić information content (AvgIpc) is 3.23. The van der Waals surface area contributed by atoms with Crippen molar-refractivity contribution in [3.8, 4) is 28.5 Å². The number of nitrogens with one attached hydrogen (secondary N) is 1. The van der Waals surface area contributed by atoms with Crippen LogP contribution in [-0.2, 0) is 11.1 Å². The van der Waals surface area contributed by atoms with Gasteiger partial charge < -0.3 is 35.5 Å². The van der Waals surface area contributed by atoms with Crippen LogP contribution in [0.3, 0.4) is 0 Å². The molecule has 4 rings (SSSR count). The third kappa shape index (κ3) is 6.06. The minimum Gasteiger partial charge on any atom is -0.493 e. The molecule has 0 saturated carbocycles. The van der Waals surface area contributed by atoms with E-state index in [0.717, 1.165) is 18.2 Å². The third-order valence-corrected chi connectivity index (χ3v) is 6.53. The second kappa shape index (κ2) is 11.1. The number of halogens is 4. The summed E-state index contributed by atoms with van der Waals surface area (Å²) >= 11 is 0. The fraction of sp³-hybridized carbons (Fsp3) is 0.357. The van der Waals surface area contributed by atoms with Crippen molar-refractivity contribution in [2.45, 2.75) is 37.3 Å². The topological polar surface area (TPSA) is 136 Å². The Labute approximate surface area is 232 Å². The molecule has 220 valence electrons. The normalized spacial score (nSPS) is 18.6. The van der Waals surface area contributed by atoms with Crippen LogP contribution in [0.25, 0.3) is 11.3 Å². The maximum atomic E-state index is 14.5. The van der Waals surface area contributed by atoms with Gasteiger partial charge in [-0.15, -0.1) is 0 Å². The van der Waals surface area contributed by atoms with Gasteiger partial charge in [0.05, 0.1) is 31.0 Å². The first-order valence-electron chi connectivity index (χ1n) is 12.5. The number of nitrogens with zero attached hydrogens (tertiary/aromatic N) is 1. The standard InChI is InChI=1S/C28H29F4N3O6/c1-15(36)12-40-20-9-6-17(10-21(20)39-3)25(37)34-13-27(38,28(30,31)32)22-11-19-24(41-14-26(19,2)33)23(35-22)16-4-7-18(29)8-5-16/h4-11,15,36,38H,12-14,33H2,1-3H3,(H,34,37)/t15-,26-,27?/m0/s1. The molecule has 1 aromatic heterocycles. The van der Waals surface area contributed by atoms with Crippen LogP contribution >= 0.6 is 0 Å². The highest BCUT2D eigenvalue weighted by molar-refractivity contribution is 5.95. The number of rotatable bonds is 9. The molecule has 3 atom stereocenters. The Morgan fingerprint density at radius 1 is 1.20 bits per heavy atom. The summed E-state index contributed by atoms with van der Waals surface area (Å²) in [5.74, 6) is -1.08. The van der Waals surface area contributed by atoms with Crippen LogP contribution in [-0.4, -0.2) is 60.3 Å². The lowest BCUT2D eigenvalue weighted by Crippen LogP contribution is -2.51. The van der Waals surface area contributed by atoms with Gasteiger partial charge in [-0.1, -0.05) is 0 Å². The summed E-state index contributed by atoms with van der Waals surface area (Å²) in [6, 6.07) is 9.75. The number of pyridine rings is 1. The fourth-order valence-corrected chi connectivity index (χ4v) is 4.20. The van der Waals surface area contributed by atoms with Crippen LogP contribution in [0, 0.1) is 5.82 Å². The molecule has 0 fully saturated rings. The van der Waals surface area contributed by atoms with Crippen molar-refractivity contribution in [3.63, 3.8) is 0 Å². The van der Waals surface area contributed by atoms with E-state index < -0.39 is 47.4 Å². The number of carbonyl (C=O) groups excluding carboxylic acids is 1. The second-order valence-electron chi connectivity index (χ2n) is 10.0. The molecule has 13 heteroatoms. The fourth-order valence-electron chi connectivity index (χ4n) is 4.20. The molecule has 0 spiro atoms. The van der Waals surface area contributed by atoms with E-state index in [2.05, 4.69) is 10.3 Å². The quantitative estimate of drug-likeness (QED) is 0.283. The lowest BCUT2D eigenvalue weighted by atomic mass is 9.89. The number of hydrogen-bond acceptors (Lipinski definition) is 8. The number of ether oxygens (including phenoxy) is 3. The molecule has 1 aliphatic rings. The van der Waals surface area contributed by atoms with Crippen molar-refractivity contribution < 1.29 is 46.8 Å². The summed E-state index contributed by atoms with van der Waals surface area (Å²) in [6.45, 7) is 1.64. The van der Waals surface area contributed by atoms with Crippen LogP contribution in [0.1, 0.15) is 35.5 Å². The summed E-state index contributed by atoms with van der Waals surface area (Å²) < 4.78 is 73.3. The number of benzene rings is 2. The van der Waals surface area contributed by atoms with Crippen LogP contribution in [0.2, 0.25) is 0 Å². The van der Waals surface area contributed by atoms with E-state index in [4.69, 9.17) is 19.9 Å². The van der Waals surface area contributed by atoms with Gasteiger partial charge >= 0.3 is 6.18 Å². The maximum Gasteiger partial charge on any atom is 0.424 e. The molecular weight excluding hydrogens is 550 g/mol. The second-order valence-corrected chi connectivity index (χ2v) is 10.0. The zero-order chi connectivity index (χ0) is 30.2. The molecule has 41 heavy (non-hydrogen) atoms.